The summed E-state index contributed by atoms with van der Waals surface area (Å²) in [5, 5.41) is 2.83. The largest absolute Gasteiger partial charge is 0.399 e. The van der Waals surface area contributed by atoms with Gasteiger partial charge in [0.05, 0.1) is 0 Å². The quantitative estimate of drug-likeness (QED) is 0.791. The van der Waals surface area contributed by atoms with Gasteiger partial charge in [0.1, 0.15) is 5.82 Å². The molecule has 1 aromatic carbocycles. The van der Waals surface area contributed by atoms with Crippen LogP contribution in [0.1, 0.15) is 36.5 Å². The van der Waals surface area contributed by atoms with Crippen LogP contribution in [0.5, 0.6) is 0 Å². The van der Waals surface area contributed by atoms with Crippen LogP contribution in [0.4, 0.5) is 10.1 Å². The summed E-state index contributed by atoms with van der Waals surface area (Å²) >= 11 is 0. The molecule has 1 amide bonds. The molecule has 3 nitrogen and oxygen atoms in total. The third-order valence-electron chi connectivity index (χ3n) is 3.42. The number of carbonyl (C=O) groups is 1. The summed E-state index contributed by atoms with van der Waals surface area (Å²) < 4.78 is 13.1. The average molecular weight is 236 g/mol. The molecule has 0 aliphatic heterocycles. The van der Waals surface area contributed by atoms with Gasteiger partial charge in [-0.15, -0.1) is 0 Å². The number of nitrogen functional groups attached to an aromatic ring is 1. The molecule has 1 aromatic rings. The van der Waals surface area contributed by atoms with Gasteiger partial charge in [0.25, 0.3) is 5.91 Å². The normalized spacial score (nSPS) is 17.3. The predicted molar refractivity (Wildman–Crippen MR) is 65.1 cm³/mol. The molecule has 0 atom stereocenters. The number of amides is 1. The van der Waals surface area contributed by atoms with Gasteiger partial charge in [-0.1, -0.05) is 13.3 Å². The number of nitrogens with one attached hydrogen (secondary N) is 1. The lowest BCUT2D eigenvalue weighted by molar-refractivity contribution is 0.0890. The SMILES string of the molecule is CC1(CNC(=O)c2cc(N)cc(F)c2)CCC1. The second-order valence-corrected chi connectivity index (χ2v) is 5.12. The first-order valence-electron chi connectivity index (χ1n) is 5.83. The molecule has 92 valence electrons. The Morgan fingerprint density at radius 1 is 1.47 bits per heavy atom. The zero-order valence-electron chi connectivity index (χ0n) is 9.92. The topological polar surface area (TPSA) is 55.1 Å². The number of carbonyl (C=O) groups excluding carboxylic acids is 1. The first-order chi connectivity index (χ1) is 7.98. The minimum atomic E-state index is -0.481. The van der Waals surface area contributed by atoms with E-state index in [1.165, 1.54) is 24.6 Å². The fourth-order valence-electron chi connectivity index (χ4n) is 2.10. The van der Waals surface area contributed by atoms with Crippen molar-refractivity contribution in [3.8, 4) is 0 Å². The average Bonchev–Trinajstić information content (AvgIpc) is 2.22. The number of benzene rings is 1. The lowest BCUT2D eigenvalue weighted by Crippen LogP contribution is -2.39. The molecule has 17 heavy (non-hydrogen) atoms. The summed E-state index contributed by atoms with van der Waals surface area (Å²) in [6, 6.07) is 3.89. The van der Waals surface area contributed by atoms with E-state index in [0.29, 0.717) is 6.54 Å². The van der Waals surface area contributed by atoms with Gasteiger partial charge in [0.15, 0.2) is 0 Å². The number of rotatable bonds is 3. The fraction of sp³-hybridized carbons (Fsp3) is 0.462. The maximum atomic E-state index is 13.1. The summed E-state index contributed by atoms with van der Waals surface area (Å²) in [5.41, 5.74) is 6.26. The Labute approximate surface area is 100 Å². The third kappa shape index (κ3) is 2.75. The maximum absolute atomic E-state index is 13.1. The zero-order chi connectivity index (χ0) is 12.5. The molecule has 1 saturated carbocycles. The number of hydrogen-bond acceptors (Lipinski definition) is 2. The van der Waals surface area contributed by atoms with Crippen molar-refractivity contribution in [1.82, 2.24) is 5.32 Å². The molecule has 1 aliphatic carbocycles. The van der Waals surface area contributed by atoms with Crippen molar-refractivity contribution in [2.75, 3.05) is 12.3 Å². The van der Waals surface area contributed by atoms with Gasteiger partial charge in [-0.3, -0.25) is 4.79 Å². The molecule has 0 spiro atoms. The molecule has 0 unspecified atom stereocenters. The molecule has 3 N–H and O–H groups in total. The van der Waals surface area contributed by atoms with E-state index in [1.54, 1.807) is 0 Å². The van der Waals surface area contributed by atoms with Crippen molar-refractivity contribution in [2.45, 2.75) is 26.2 Å². The lowest BCUT2D eigenvalue weighted by Gasteiger charge is -2.38. The minimum absolute atomic E-state index is 0.217. The standard InChI is InChI=1S/C13H17FN2O/c1-13(3-2-4-13)8-16-12(17)9-5-10(14)7-11(15)6-9/h5-7H,2-4,8,15H2,1H3,(H,16,17). The van der Waals surface area contributed by atoms with Crippen LogP contribution in [0.25, 0.3) is 0 Å². The molecular weight excluding hydrogens is 219 g/mol. The highest BCUT2D eigenvalue weighted by Gasteiger charge is 2.31. The van der Waals surface area contributed by atoms with Gasteiger partial charge in [-0.25, -0.2) is 4.39 Å². The van der Waals surface area contributed by atoms with Gasteiger partial charge in [0, 0.05) is 17.8 Å². The smallest absolute Gasteiger partial charge is 0.251 e. The number of halogens is 1. The third-order valence-corrected chi connectivity index (χ3v) is 3.42. The second-order valence-electron chi connectivity index (χ2n) is 5.12. The van der Waals surface area contributed by atoms with E-state index in [0.717, 1.165) is 12.8 Å². The van der Waals surface area contributed by atoms with Gasteiger partial charge < -0.3 is 11.1 Å². The Hall–Kier alpha value is -1.58. The number of hydrogen-bond donors (Lipinski definition) is 2. The van der Waals surface area contributed by atoms with Crippen molar-refractivity contribution in [1.29, 1.82) is 0 Å². The fourth-order valence-corrected chi connectivity index (χ4v) is 2.10. The highest BCUT2D eigenvalue weighted by atomic mass is 19.1. The van der Waals surface area contributed by atoms with Crippen LogP contribution in [0, 0.1) is 11.2 Å². The highest BCUT2D eigenvalue weighted by Crippen LogP contribution is 2.39. The molecule has 0 radical (unpaired) electrons. The van der Waals surface area contributed by atoms with Crippen molar-refractivity contribution in [2.24, 2.45) is 5.41 Å². The minimum Gasteiger partial charge on any atom is -0.399 e. The molecule has 0 heterocycles. The lowest BCUT2D eigenvalue weighted by atomic mass is 9.70. The van der Waals surface area contributed by atoms with Crippen molar-refractivity contribution < 1.29 is 9.18 Å². The van der Waals surface area contributed by atoms with E-state index in [1.807, 2.05) is 0 Å². The molecule has 1 aliphatic rings. The summed E-state index contributed by atoms with van der Waals surface area (Å²) in [7, 11) is 0. The molecule has 1 fully saturated rings. The first-order valence-corrected chi connectivity index (χ1v) is 5.83. The van der Waals surface area contributed by atoms with E-state index in [2.05, 4.69) is 12.2 Å². The summed E-state index contributed by atoms with van der Waals surface area (Å²) in [6.45, 7) is 2.79. The van der Waals surface area contributed by atoms with E-state index in [-0.39, 0.29) is 22.6 Å². The monoisotopic (exact) mass is 236 g/mol. The molecule has 0 bridgehead atoms. The van der Waals surface area contributed by atoms with Crippen molar-refractivity contribution in [3.63, 3.8) is 0 Å². The van der Waals surface area contributed by atoms with Crippen LogP contribution in [-0.4, -0.2) is 12.5 Å². The Bertz CT molecular complexity index is 421. The Morgan fingerprint density at radius 3 is 2.71 bits per heavy atom. The van der Waals surface area contributed by atoms with Crippen LogP contribution in [0.2, 0.25) is 0 Å². The second kappa shape index (κ2) is 4.35. The van der Waals surface area contributed by atoms with Gasteiger partial charge in [-0.2, -0.15) is 0 Å². The van der Waals surface area contributed by atoms with Gasteiger partial charge in [-0.05, 0) is 36.5 Å². The van der Waals surface area contributed by atoms with E-state index >= 15 is 0 Å². The maximum Gasteiger partial charge on any atom is 0.251 e. The van der Waals surface area contributed by atoms with Crippen LogP contribution in [0.15, 0.2) is 18.2 Å². The van der Waals surface area contributed by atoms with E-state index < -0.39 is 5.82 Å². The predicted octanol–water partition coefficient (Wildman–Crippen LogP) is 2.33. The molecule has 2 rings (SSSR count). The van der Waals surface area contributed by atoms with Crippen LogP contribution < -0.4 is 11.1 Å². The number of anilines is 1. The Balaban J connectivity index is 1.99. The molecule has 4 heteroatoms. The zero-order valence-corrected chi connectivity index (χ0v) is 9.92. The number of nitrogens with two attached hydrogens (primary N) is 1. The van der Waals surface area contributed by atoms with Crippen molar-refractivity contribution >= 4 is 11.6 Å². The molecule has 0 aromatic heterocycles. The summed E-state index contributed by atoms with van der Waals surface area (Å²) in [5.74, 6) is -0.741. The van der Waals surface area contributed by atoms with Crippen LogP contribution in [-0.2, 0) is 0 Å². The van der Waals surface area contributed by atoms with Gasteiger partial charge in [0.2, 0.25) is 0 Å². The highest BCUT2D eigenvalue weighted by molar-refractivity contribution is 5.95. The van der Waals surface area contributed by atoms with Crippen LogP contribution in [0.3, 0.4) is 0 Å². The van der Waals surface area contributed by atoms with Crippen molar-refractivity contribution in [3.05, 3.63) is 29.6 Å². The first kappa shape index (κ1) is 11.9. The molecular formula is C13H17FN2O. The van der Waals surface area contributed by atoms with E-state index in [9.17, 15) is 9.18 Å². The van der Waals surface area contributed by atoms with Crippen LogP contribution >= 0.6 is 0 Å². The Kier molecular flexibility index (Phi) is 3.05. The van der Waals surface area contributed by atoms with E-state index in [4.69, 9.17) is 5.73 Å². The molecule has 0 saturated heterocycles. The summed E-state index contributed by atoms with van der Waals surface area (Å²) in [4.78, 5) is 11.8. The Morgan fingerprint density at radius 2 is 2.18 bits per heavy atom. The summed E-state index contributed by atoms with van der Waals surface area (Å²) in [6.07, 6.45) is 3.50. The van der Waals surface area contributed by atoms with Gasteiger partial charge >= 0.3 is 0 Å².